The third-order valence-corrected chi connectivity index (χ3v) is 2.75. The number of aliphatic imine (C=N–C) groups is 1. The molecule has 1 fully saturated rings. The van der Waals surface area contributed by atoms with E-state index >= 15 is 0 Å². The highest BCUT2D eigenvalue weighted by molar-refractivity contribution is 5.44. The van der Waals surface area contributed by atoms with E-state index in [1.54, 1.807) is 6.92 Å². The summed E-state index contributed by atoms with van der Waals surface area (Å²) in [4.78, 5) is 13.9. The minimum atomic E-state index is -0.900. The van der Waals surface area contributed by atoms with Crippen molar-refractivity contribution in [2.24, 2.45) is 4.99 Å². The summed E-state index contributed by atoms with van der Waals surface area (Å²) >= 11 is 0. The van der Waals surface area contributed by atoms with E-state index in [1.165, 1.54) is 6.08 Å². The minimum Gasteiger partial charge on any atom is -0.211 e. The van der Waals surface area contributed by atoms with Crippen LogP contribution in [0.3, 0.4) is 0 Å². The lowest BCUT2D eigenvalue weighted by molar-refractivity contribution is 0.503. The van der Waals surface area contributed by atoms with E-state index in [9.17, 15) is 13.6 Å². The van der Waals surface area contributed by atoms with Crippen LogP contribution < -0.4 is 0 Å². The van der Waals surface area contributed by atoms with Crippen LogP contribution in [0.5, 0.6) is 0 Å². The van der Waals surface area contributed by atoms with Crippen LogP contribution in [0.25, 0.3) is 0 Å². The topological polar surface area (TPSA) is 29.4 Å². The number of hydrogen-bond acceptors (Lipinski definition) is 2. The van der Waals surface area contributed by atoms with Gasteiger partial charge in [0.1, 0.15) is 0 Å². The van der Waals surface area contributed by atoms with E-state index in [2.05, 4.69) is 4.99 Å². The second kappa shape index (κ2) is 3.24. The highest BCUT2D eigenvalue weighted by Crippen LogP contribution is 2.50. The minimum absolute atomic E-state index is 0.588. The average molecular weight is 209 g/mol. The Morgan fingerprint density at radius 2 is 1.93 bits per heavy atom. The van der Waals surface area contributed by atoms with Crippen molar-refractivity contribution in [3.05, 3.63) is 34.9 Å². The van der Waals surface area contributed by atoms with Gasteiger partial charge in [-0.2, -0.15) is 4.99 Å². The molecule has 4 heteroatoms. The second-order valence-corrected chi connectivity index (χ2v) is 3.82. The highest BCUT2D eigenvalue weighted by Gasteiger charge is 2.46. The smallest absolute Gasteiger partial charge is 0.211 e. The van der Waals surface area contributed by atoms with Gasteiger partial charge in [-0.15, -0.1) is 0 Å². The lowest BCUT2D eigenvalue weighted by Crippen LogP contribution is -2.06. The van der Waals surface area contributed by atoms with Crippen LogP contribution in [0.4, 0.5) is 8.78 Å². The fourth-order valence-electron chi connectivity index (χ4n) is 1.79. The number of carbonyl (C=O) groups excluding carboxylic acids is 1. The molecule has 0 radical (unpaired) electrons. The molecule has 0 amide bonds. The molecule has 1 aliphatic rings. The van der Waals surface area contributed by atoms with Gasteiger partial charge in [0.05, 0.1) is 5.54 Å². The summed E-state index contributed by atoms with van der Waals surface area (Å²) in [6, 6.07) is 2.25. The first-order valence-corrected chi connectivity index (χ1v) is 4.64. The Kier molecular flexibility index (Phi) is 2.16. The average Bonchev–Trinajstić information content (AvgIpc) is 2.93. The lowest BCUT2D eigenvalue weighted by Gasteiger charge is -2.11. The molecule has 0 aliphatic heterocycles. The van der Waals surface area contributed by atoms with Crippen molar-refractivity contribution in [1.82, 2.24) is 0 Å². The Morgan fingerprint density at radius 1 is 1.33 bits per heavy atom. The van der Waals surface area contributed by atoms with Crippen molar-refractivity contribution >= 4 is 6.08 Å². The molecule has 2 rings (SSSR count). The molecular weight excluding hydrogens is 200 g/mol. The number of benzene rings is 1. The molecular formula is C11H9F2NO. The van der Waals surface area contributed by atoms with Gasteiger partial charge in [-0.3, -0.25) is 0 Å². The summed E-state index contributed by atoms with van der Waals surface area (Å²) in [6.45, 7) is 1.68. The normalized spacial score (nSPS) is 17.0. The Balaban J connectivity index is 2.54. The fourth-order valence-corrected chi connectivity index (χ4v) is 1.79. The van der Waals surface area contributed by atoms with E-state index in [0.717, 1.165) is 12.1 Å². The molecule has 1 aliphatic carbocycles. The predicted molar refractivity (Wildman–Crippen MR) is 50.1 cm³/mol. The summed E-state index contributed by atoms with van der Waals surface area (Å²) in [6.07, 6.45) is 2.87. The third kappa shape index (κ3) is 1.57. The summed E-state index contributed by atoms with van der Waals surface area (Å²) < 4.78 is 25.9. The van der Waals surface area contributed by atoms with Crippen LogP contribution in [0.1, 0.15) is 24.0 Å². The molecule has 78 valence electrons. The second-order valence-electron chi connectivity index (χ2n) is 3.82. The van der Waals surface area contributed by atoms with E-state index < -0.39 is 17.2 Å². The molecule has 0 aromatic heterocycles. The maximum absolute atomic E-state index is 13.0. The third-order valence-electron chi connectivity index (χ3n) is 2.75. The standard InChI is InChI=1S/C11H9F2NO/c1-7-4-9(12)10(13)5-8(7)11(2-3-11)14-6-15/h4-5H,2-3H2,1H3. The monoisotopic (exact) mass is 209 g/mol. The number of isocyanates is 1. The highest BCUT2D eigenvalue weighted by atomic mass is 19.2. The van der Waals surface area contributed by atoms with Crippen molar-refractivity contribution in [3.8, 4) is 0 Å². The molecule has 2 nitrogen and oxygen atoms in total. The molecule has 1 aromatic carbocycles. The van der Waals surface area contributed by atoms with Gasteiger partial charge in [-0.1, -0.05) is 0 Å². The first-order chi connectivity index (χ1) is 7.09. The molecule has 0 spiro atoms. The van der Waals surface area contributed by atoms with Crippen molar-refractivity contribution < 1.29 is 13.6 Å². The van der Waals surface area contributed by atoms with Gasteiger partial charge < -0.3 is 0 Å². The largest absolute Gasteiger partial charge is 0.235 e. The Morgan fingerprint density at radius 3 is 2.47 bits per heavy atom. The van der Waals surface area contributed by atoms with E-state index in [0.29, 0.717) is 24.0 Å². The van der Waals surface area contributed by atoms with Crippen LogP contribution in [0.15, 0.2) is 17.1 Å². The molecule has 15 heavy (non-hydrogen) atoms. The van der Waals surface area contributed by atoms with Crippen LogP contribution in [-0.2, 0) is 10.3 Å². The Bertz CT molecular complexity index is 460. The van der Waals surface area contributed by atoms with Crippen LogP contribution >= 0.6 is 0 Å². The van der Waals surface area contributed by atoms with Crippen LogP contribution in [0.2, 0.25) is 0 Å². The summed E-state index contributed by atoms with van der Waals surface area (Å²) in [5.41, 5.74) is 0.565. The molecule has 0 unspecified atom stereocenters. The van der Waals surface area contributed by atoms with Gasteiger partial charge in [0.2, 0.25) is 6.08 Å². The summed E-state index contributed by atoms with van der Waals surface area (Å²) in [5, 5.41) is 0. The lowest BCUT2D eigenvalue weighted by atomic mass is 9.99. The number of rotatable bonds is 2. The van der Waals surface area contributed by atoms with Crippen molar-refractivity contribution in [2.45, 2.75) is 25.3 Å². The van der Waals surface area contributed by atoms with Gasteiger partial charge in [0, 0.05) is 0 Å². The zero-order valence-corrected chi connectivity index (χ0v) is 8.18. The Hall–Kier alpha value is -1.54. The number of aryl methyl sites for hydroxylation is 1. The number of hydrogen-bond donors (Lipinski definition) is 0. The zero-order valence-electron chi connectivity index (χ0n) is 8.18. The number of halogens is 2. The van der Waals surface area contributed by atoms with Crippen LogP contribution in [-0.4, -0.2) is 6.08 Å². The predicted octanol–water partition coefficient (Wildman–Crippen LogP) is 2.60. The first-order valence-electron chi connectivity index (χ1n) is 4.64. The SMILES string of the molecule is Cc1cc(F)c(F)cc1C1(N=C=O)CC1. The van der Waals surface area contributed by atoms with Gasteiger partial charge >= 0.3 is 0 Å². The van der Waals surface area contributed by atoms with Gasteiger partial charge in [0.15, 0.2) is 11.6 Å². The molecule has 0 heterocycles. The van der Waals surface area contributed by atoms with Gasteiger partial charge in [0.25, 0.3) is 0 Å². The molecule has 0 bridgehead atoms. The fraction of sp³-hybridized carbons (Fsp3) is 0.364. The Labute approximate surface area is 85.6 Å². The first kappa shape index (κ1) is 9.99. The van der Waals surface area contributed by atoms with Gasteiger partial charge in [-0.05, 0) is 43.0 Å². The van der Waals surface area contributed by atoms with Crippen molar-refractivity contribution in [3.63, 3.8) is 0 Å². The summed E-state index contributed by atoms with van der Waals surface area (Å²) in [5.74, 6) is -1.77. The molecule has 0 atom stereocenters. The number of nitrogens with zero attached hydrogens (tertiary/aromatic N) is 1. The maximum atomic E-state index is 13.0. The summed E-state index contributed by atoms with van der Waals surface area (Å²) in [7, 11) is 0. The van der Waals surface area contributed by atoms with E-state index in [1.807, 2.05) is 0 Å². The molecule has 1 aromatic rings. The molecule has 0 N–H and O–H groups in total. The van der Waals surface area contributed by atoms with E-state index in [4.69, 9.17) is 0 Å². The van der Waals surface area contributed by atoms with E-state index in [-0.39, 0.29) is 0 Å². The van der Waals surface area contributed by atoms with Crippen molar-refractivity contribution in [2.75, 3.05) is 0 Å². The van der Waals surface area contributed by atoms with Gasteiger partial charge in [-0.25, -0.2) is 13.6 Å². The quantitative estimate of drug-likeness (QED) is 0.543. The molecule has 0 saturated heterocycles. The maximum Gasteiger partial charge on any atom is 0.235 e. The molecule has 1 saturated carbocycles. The van der Waals surface area contributed by atoms with Crippen molar-refractivity contribution in [1.29, 1.82) is 0 Å². The zero-order chi connectivity index (χ0) is 11.1. The van der Waals surface area contributed by atoms with Crippen LogP contribution in [0, 0.1) is 18.6 Å².